The highest BCUT2D eigenvalue weighted by molar-refractivity contribution is 6.31. The average Bonchev–Trinajstić information content (AvgIpc) is 2.85. The molecule has 0 aromatic heterocycles. The maximum atomic E-state index is 9.11. The fourth-order valence-electron chi connectivity index (χ4n) is 2.84. The van der Waals surface area contributed by atoms with E-state index in [1.807, 2.05) is 12.1 Å². The Labute approximate surface area is 133 Å². The van der Waals surface area contributed by atoms with Crippen LogP contribution in [0.1, 0.15) is 39.2 Å². The van der Waals surface area contributed by atoms with E-state index in [1.54, 1.807) is 0 Å². The topological polar surface area (TPSA) is 35.5 Å². The van der Waals surface area contributed by atoms with Gasteiger partial charge in [0.2, 0.25) is 0 Å². The predicted molar refractivity (Wildman–Crippen MR) is 90.1 cm³/mol. The highest BCUT2D eigenvalue weighted by atomic mass is 35.5. The lowest BCUT2D eigenvalue weighted by Gasteiger charge is -2.26. The summed E-state index contributed by atoms with van der Waals surface area (Å²) in [5.41, 5.74) is 2.49. The number of aliphatic hydroxyl groups excluding tert-OH is 1. The van der Waals surface area contributed by atoms with Gasteiger partial charge in [-0.25, -0.2) is 0 Å². The van der Waals surface area contributed by atoms with Crippen LogP contribution in [0.4, 0.5) is 5.69 Å². The standard InChI is InChI=1S/C17H27ClN2O/c1-17(2,3)19-11-14-15(18)5-4-6-16(14)20-9-7-13(12-20)8-10-21/h4-6,13,19,21H,7-12H2,1-3H3. The molecule has 1 unspecified atom stereocenters. The Morgan fingerprint density at radius 3 is 2.81 bits per heavy atom. The number of halogens is 1. The fraction of sp³-hybridized carbons (Fsp3) is 0.647. The van der Waals surface area contributed by atoms with Gasteiger partial charge in [0.15, 0.2) is 0 Å². The molecule has 1 aromatic carbocycles. The molecule has 1 atom stereocenters. The third kappa shape index (κ3) is 4.60. The first kappa shape index (κ1) is 16.6. The van der Waals surface area contributed by atoms with Crippen LogP contribution < -0.4 is 10.2 Å². The van der Waals surface area contributed by atoms with Crippen molar-refractivity contribution in [2.24, 2.45) is 5.92 Å². The minimum Gasteiger partial charge on any atom is -0.396 e. The molecule has 1 fully saturated rings. The third-order valence-electron chi connectivity index (χ3n) is 4.05. The quantitative estimate of drug-likeness (QED) is 0.874. The van der Waals surface area contributed by atoms with Gasteiger partial charge in [0, 0.05) is 48.1 Å². The first-order valence-corrected chi connectivity index (χ1v) is 8.17. The van der Waals surface area contributed by atoms with E-state index in [2.05, 4.69) is 37.1 Å². The van der Waals surface area contributed by atoms with Crippen molar-refractivity contribution in [2.75, 3.05) is 24.6 Å². The number of nitrogens with zero attached hydrogens (tertiary/aromatic N) is 1. The van der Waals surface area contributed by atoms with Crippen molar-refractivity contribution < 1.29 is 5.11 Å². The van der Waals surface area contributed by atoms with Crippen LogP contribution in [0.2, 0.25) is 5.02 Å². The summed E-state index contributed by atoms with van der Waals surface area (Å²) in [4.78, 5) is 2.41. The van der Waals surface area contributed by atoms with Gasteiger partial charge in [-0.05, 0) is 51.7 Å². The number of aliphatic hydroxyl groups is 1. The van der Waals surface area contributed by atoms with Crippen LogP contribution in [0.3, 0.4) is 0 Å². The summed E-state index contributed by atoms with van der Waals surface area (Å²) in [6.45, 7) is 9.62. The highest BCUT2D eigenvalue weighted by Crippen LogP contribution is 2.32. The maximum absolute atomic E-state index is 9.11. The lowest BCUT2D eigenvalue weighted by Crippen LogP contribution is -2.35. The van der Waals surface area contributed by atoms with Gasteiger partial charge in [-0.3, -0.25) is 0 Å². The van der Waals surface area contributed by atoms with Gasteiger partial charge in [-0.1, -0.05) is 17.7 Å². The summed E-state index contributed by atoms with van der Waals surface area (Å²) >= 11 is 6.43. The van der Waals surface area contributed by atoms with Crippen LogP contribution in [0.15, 0.2) is 18.2 Å². The van der Waals surface area contributed by atoms with Crippen molar-refractivity contribution in [1.82, 2.24) is 5.32 Å². The largest absolute Gasteiger partial charge is 0.396 e. The number of rotatable bonds is 5. The Balaban J connectivity index is 2.14. The van der Waals surface area contributed by atoms with Crippen LogP contribution in [-0.4, -0.2) is 30.3 Å². The molecule has 0 saturated carbocycles. The van der Waals surface area contributed by atoms with Crippen LogP contribution in [0.25, 0.3) is 0 Å². The predicted octanol–water partition coefficient (Wildman–Crippen LogP) is 3.44. The molecular weight excluding hydrogens is 284 g/mol. The summed E-state index contributed by atoms with van der Waals surface area (Å²) in [6.07, 6.45) is 2.05. The molecular formula is C17H27ClN2O. The van der Waals surface area contributed by atoms with Gasteiger partial charge in [0.1, 0.15) is 0 Å². The van der Waals surface area contributed by atoms with Gasteiger partial charge in [0.05, 0.1) is 0 Å². The monoisotopic (exact) mass is 310 g/mol. The number of nitrogens with one attached hydrogen (secondary N) is 1. The van der Waals surface area contributed by atoms with Crippen molar-refractivity contribution in [3.05, 3.63) is 28.8 Å². The van der Waals surface area contributed by atoms with Gasteiger partial charge in [-0.2, -0.15) is 0 Å². The Bertz CT molecular complexity index is 470. The van der Waals surface area contributed by atoms with Crippen molar-refractivity contribution in [2.45, 2.75) is 45.7 Å². The van der Waals surface area contributed by atoms with Gasteiger partial charge < -0.3 is 15.3 Å². The van der Waals surface area contributed by atoms with Crippen LogP contribution in [-0.2, 0) is 6.54 Å². The van der Waals surface area contributed by atoms with Crippen molar-refractivity contribution >= 4 is 17.3 Å². The smallest absolute Gasteiger partial charge is 0.0471 e. The van der Waals surface area contributed by atoms with Crippen molar-refractivity contribution in [3.63, 3.8) is 0 Å². The average molecular weight is 311 g/mol. The zero-order valence-electron chi connectivity index (χ0n) is 13.3. The molecule has 2 rings (SSSR count). The minimum absolute atomic E-state index is 0.0703. The molecule has 0 amide bonds. The number of anilines is 1. The second-order valence-electron chi connectivity index (χ2n) is 6.95. The van der Waals surface area contributed by atoms with Crippen LogP contribution >= 0.6 is 11.6 Å². The van der Waals surface area contributed by atoms with E-state index in [0.717, 1.165) is 37.5 Å². The van der Waals surface area contributed by atoms with E-state index in [0.29, 0.717) is 5.92 Å². The molecule has 2 N–H and O–H groups in total. The van der Waals surface area contributed by atoms with Gasteiger partial charge in [-0.15, -0.1) is 0 Å². The molecule has 4 heteroatoms. The van der Waals surface area contributed by atoms with Gasteiger partial charge in [0.25, 0.3) is 0 Å². The van der Waals surface area contributed by atoms with Crippen LogP contribution in [0, 0.1) is 5.92 Å². The molecule has 21 heavy (non-hydrogen) atoms. The lowest BCUT2D eigenvalue weighted by molar-refractivity contribution is 0.263. The molecule has 1 aromatic rings. The first-order valence-electron chi connectivity index (χ1n) is 7.79. The van der Waals surface area contributed by atoms with E-state index >= 15 is 0 Å². The molecule has 3 nitrogen and oxygen atoms in total. The molecule has 1 aliphatic rings. The molecule has 0 spiro atoms. The Morgan fingerprint density at radius 2 is 2.14 bits per heavy atom. The number of benzene rings is 1. The second-order valence-corrected chi connectivity index (χ2v) is 7.36. The highest BCUT2D eigenvalue weighted by Gasteiger charge is 2.24. The summed E-state index contributed by atoms with van der Waals surface area (Å²) in [5, 5.41) is 13.5. The molecule has 0 radical (unpaired) electrons. The Kier molecular flexibility index (Phi) is 5.53. The molecule has 0 bridgehead atoms. The third-order valence-corrected chi connectivity index (χ3v) is 4.41. The number of hydrogen-bond donors (Lipinski definition) is 2. The Hall–Kier alpha value is -0.770. The van der Waals surface area contributed by atoms with E-state index in [1.165, 1.54) is 11.3 Å². The number of hydrogen-bond acceptors (Lipinski definition) is 3. The SMILES string of the molecule is CC(C)(C)NCc1c(Cl)cccc1N1CCC(CCO)C1. The van der Waals surface area contributed by atoms with E-state index in [-0.39, 0.29) is 12.1 Å². The fourth-order valence-corrected chi connectivity index (χ4v) is 3.08. The normalized spacial score (nSPS) is 19.3. The van der Waals surface area contributed by atoms with E-state index in [9.17, 15) is 0 Å². The second kappa shape index (κ2) is 6.99. The lowest BCUT2D eigenvalue weighted by atomic mass is 10.1. The molecule has 1 saturated heterocycles. The van der Waals surface area contributed by atoms with Crippen molar-refractivity contribution in [3.8, 4) is 0 Å². The maximum Gasteiger partial charge on any atom is 0.0471 e. The molecule has 1 heterocycles. The molecule has 0 aliphatic carbocycles. The van der Waals surface area contributed by atoms with E-state index < -0.39 is 0 Å². The minimum atomic E-state index is 0.0703. The zero-order valence-corrected chi connectivity index (χ0v) is 14.1. The summed E-state index contributed by atoms with van der Waals surface area (Å²) in [5.74, 6) is 0.595. The molecule has 118 valence electrons. The Morgan fingerprint density at radius 1 is 1.38 bits per heavy atom. The van der Waals surface area contributed by atoms with Crippen molar-refractivity contribution in [1.29, 1.82) is 0 Å². The summed E-state index contributed by atoms with van der Waals surface area (Å²) in [6, 6.07) is 6.15. The summed E-state index contributed by atoms with van der Waals surface area (Å²) in [7, 11) is 0. The van der Waals surface area contributed by atoms with E-state index in [4.69, 9.17) is 16.7 Å². The molecule has 1 aliphatic heterocycles. The van der Waals surface area contributed by atoms with Gasteiger partial charge >= 0.3 is 0 Å². The summed E-state index contributed by atoms with van der Waals surface area (Å²) < 4.78 is 0. The van der Waals surface area contributed by atoms with Crippen LogP contribution in [0.5, 0.6) is 0 Å². The zero-order chi connectivity index (χ0) is 15.5. The first-order chi connectivity index (χ1) is 9.90.